The highest BCUT2D eigenvalue weighted by Gasteiger charge is 1.93. The van der Waals surface area contributed by atoms with Crippen LogP contribution in [0.5, 0.6) is 0 Å². The van der Waals surface area contributed by atoms with E-state index in [0.29, 0.717) is 0 Å². The van der Waals surface area contributed by atoms with E-state index in [4.69, 9.17) is 0 Å². The zero-order chi connectivity index (χ0) is 8.81. The van der Waals surface area contributed by atoms with Crippen LogP contribution < -0.4 is 11.0 Å². The van der Waals surface area contributed by atoms with Crippen molar-refractivity contribution < 1.29 is 0 Å². The second-order valence-corrected chi connectivity index (χ2v) is 3.50. The molecule has 0 aliphatic carbocycles. The number of aromatic nitrogens is 1. The van der Waals surface area contributed by atoms with Crippen molar-refractivity contribution >= 4 is 11.5 Å². The van der Waals surface area contributed by atoms with Gasteiger partial charge in [-0.3, -0.25) is 4.79 Å². The quantitative estimate of drug-likeness (QED) is 0.709. The number of nitrogens with zero attached hydrogens (tertiary/aromatic N) is 1. The van der Waals surface area contributed by atoms with E-state index in [1.165, 1.54) is 24.4 Å². The first kappa shape index (κ1) is 9.32. The molecular weight excluding hydrogens is 172 g/mol. The fourth-order valence-corrected chi connectivity index (χ4v) is 1.57. The van der Waals surface area contributed by atoms with Gasteiger partial charge in [-0.25, -0.2) is 0 Å². The third-order valence-electron chi connectivity index (χ3n) is 1.61. The third kappa shape index (κ3) is 2.70. The monoisotopic (exact) mass is 186 g/mol. The number of hydrogen-bond acceptors (Lipinski definition) is 3. The van der Waals surface area contributed by atoms with E-state index in [0.717, 1.165) is 13.0 Å². The highest BCUT2D eigenvalue weighted by molar-refractivity contribution is 7.04. The average Bonchev–Trinajstić information content (AvgIpc) is 2.46. The molecule has 0 saturated heterocycles. The molecule has 0 aliphatic heterocycles. The maximum absolute atomic E-state index is 11.0. The smallest absolute Gasteiger partial charge is 0.279 e. The molecule has 0 bridgehead atoms. The Morgan fingerprint density at radius 3 is 3.00 bits per heavy atom. The second kappa shape index (κ2) is 4.98. The minimum absolute atomic E-state index is 0.0384. The molecule has 0 amide bonds. The lowest BCUT2D eigenvalue weighted by Gasteiger charge is -2.03. The van der Waals surface area contributed by atoms with Gasteiger partial charge in [0, 0.05) is 18.0 Å². The number of nitrogens with one attached hydrogen (secondary N) is 1. The van der Waals surface area contributed by atoms with Crippen molar-refractivity contribution in [1.82, 2.24) is 4.07 Å². The summed E-state index contributed by atoms with van der Waals surface area (Å²) in [5, 5.41) is 1.79. The van der Waals surface area contributed by atoms with Gasteiger partial charge in [-0.2, -0.15) is 4.07 Å². The molecule has 12 heavy (non-hydrogen) atoms. The van der Waals surface area contributed by atoms with E-state index in [1.807, 2.05) is 0 Å². The molecule has 0 atom stereocenters. The molecule has 0 aliphatic rings. The molecular formula is C8H14N2OS. The van der Waals surface area contributed by atoms with Crippen LogP contribution in [0, 0.1) is 0 Å². The summed E-state index contributed by atoms with van der Waals surface area (Å²) in [5.74, 6) is 0. The summed E-state index contributed by atoms with van der Waals surface area (Å²) in [4.78, 5) is 11.0. The number of hydrogen-bond donors (Lipinski definition) is 1. The molecule has 1 N–H and O–H groups in total. The van der Waals surface area contributed by atoms with E-state index in [1.54, 1.807) is 15.5 Å². The van der Waals surface area contributed by atoms with E-state index in [2.05, 4.69) is 12.3 Å². The van der Waals surface area contributed by atoms with Crippen molar-refractivity contribution in [2.45, 2.75) is 26.2 Å². The normalized spacial score (nSPS) is 10.1. The molecule has 0 fully saturated rings. The highest BCUT2D eigenvalue weighted by atomic mass is 32.1. The average molecular weight is 186 g/mol. The van der Waals surface area contributed by atoms with Crippen LogP contribution in [0.1, 0.15) is 26.2 Å². The van der Waals surface area contributed by atoms with E-state index in [9.17, 15) is 4.79 Å². The molecule has 0 spiro atoms. The topological polar surface area (TPSA) is 34.0 Å². The largest absolute Gasteiger partial charge is 0.314 e. The molecule has 68 valence electrons. The zero-order valence-corrected chi connectivity index (χ0v) is 8.06. The summed E-state index contributed by atoms with van der Waals surface area (Å²) >= 11 is 1.40. The second-order valence-electron chi connectivity index (χ2n) is 2.66. The third-order valence-corrected chi connectivity index (χ3v) is 2.39. The lowest BCUT2D eigenvalue weighted by atomic mass is 10.3. The Balaban J connectivity index is 2.24. The Labute approximate surface area is 76.1 Å². The van der Waals surface area contributed by atoms with Crippen molar-refractivity contribution in [2.24, 2.45) is 0 Å². The van der Waals surface area contributed by atoms with Crippen molar-refractivity contribution in [3.8, 4) is 0 Å². The minimum Gasteiger partial charge on any atom is -0.314 e. The predicted molar refractivity (Wildman–Crippen MR) is 52.3 cm³/mol. The van der Waals surface area contributed by atoms with Gasteiger partial charge < -0.3 is 5.43 Å². The van der Waals surface area contributed by atoms with Crippen molar-refractivity contribution in [3.63, 3.8) is 0 Å². The van der Waals surface area contributed by atoms with Crippen LogP contribution in [0.3, 0.4) is 0 Å². The van der Waals surface area contributed by atoms with Crippen LogP contribution in [0.4, 0.5) is 0 Å². The predicted octanol–water partition coefficient (Wildman–Crippen LogP) is 1.64. The summed E-state index contributed by atoms with van der Waals surface area (Å²) < 4.78 is 1.57. The van der Waals surface area contributed by atoms with Gasteiger partial charge >= 0.3 is 0 Å². The Kier molecular flexibility index (Phi) is 3.87. The Morgan fingerprint density at radius 1 is 1.58 bits per heavy atom. The van der Waals surface area contributed by atoms with E-state index >= 15 is 0 Å². The first-order valence-electron chi connectivity index (χ1n) is 4.25. The van der Waals surface area contributed by atoms with Gasteiger partial charge in [0.05, 0.1) is 0 Å². The van der Waals surface area contributed by atoms with Crippen molar-refractivity contribution in [2.75, 3.05) is 12.0 Å². The van der Waals surface area contributed by atoms with Gasteiger partial charge in [-0.05, 0) is 18.0 Å². The standard InChI is InChI=1S/C8H14N2OS/c1-2-3-4-6-9-10-8(11)5-7-12-10/h5,7,9H,2-4,6H2,1H3. The first-order chi connectivity index (χ1) is 5.84. The first-order valence-corrected chi connectivity index (χ1v) is 5.09. The molecule has 1 rings (SSSR count). The Morgan fingerprint density at radius 2 is 2.42 bits per heavy atom. The van der Waals surface area contributed by atoms with Crippen LogP contribution in [0.15, 0.2) is 16.2 Å². The fraction of sp³-hybridized carbons (Fsp3) is 0.625. The SMILES string of the molecule is CCCCCNn1sccc1=O. The summed E-state index contributed by atoms with van der Waals surface area (Å²) in [6.45, 7) is 3.05. The van der Waals surface area contributed by atoms with Crippen LogP contribution in [-0.2, 0) is 0 Å². The molecule has 1 aromatic heterocycles. The molecule has 0 unspecified atom stereocenters. The summed E-state index contributed by atoms with van der Waals surface area (Å²) in [7, 11) is 0. The summed E-state index contributed by atoms with van der Waals surface area (Å²) in [6.07, 6.45) is 3.55. The lowest BCUT2D eigenvalue weighted by Crippen LogP contribution is -2.23. The molecule has 0 aromatic carbocycles. The maximum atomic E-state index is 11.0. The molecule has 1 aromatic rings. The van der Waals surface area contributed by atoms with Gasteiger partial charge in [-0.15, -0.1) is 0 Å². The summed E-state index contributed by atoms with van der Waals surface area (Å²) in [6, 6.07) is 1.57. The van der Waals surface area contributed by atoms with E-state index < -0.39 is 0 Å². The van der Waals surface area contributed by atoms with Crippen LogP contribution >= 0.6 is 11.5 Å². The molecule has 3 nitrogen and oxygen atoms in total. The van der Waals surface area contributed by atoms with Crippen LogP contribution in [-0.4, -0.2) is 10.6 Å². The Bertz CT molecular complexity index is 266. The molecule has 4 heteroatoms. The highest BCUT2D eigenvalue weighted by Crippen LogP contribution is 1.93. The number of rotatable bonds is 5. The van der Waals surface area contributed by atoms with Gasteiger partial charge in [0.15, 0.2) is 0 Å². The van der Waals surface area contributed by atoms with Crippen LogP contribution in [0.25, 0.3) is 0 Å². The molecule has 0 saturated carbocycles. The van der Waals surface area contributed by atoms with Crippen molar-refractivity contribution in [3.05, 3.63) is 21.8 Å². The fourth-order valence-electron chi connectivity index (χ4n) is 0.940. The minimum atomic E-state index is 0.0384. The summed E-state index contributed by atoms with van der Waals surface area (Å²) in [5.41, 5.74) is 3.09. The van der Waals surface area contributed by atoms with Gasteiger partial charge in [0.25, 0.3) is 5.56 Å². The molecule has 1 heterocycles. The van der Waals surface area contributed by atoms with Crippen LogP contribution in [0.2, 0.25) is 0 Å². The molecule has 0 radical (unpaired) electrons. The Hall–Kier alpha value is -0.770. The van der Waals surface area contributed by atoms with Crippen molar-refractivity contribution in [1.29, 1.82) is 0 Å². The van der Waals surface area contributed by atoms with Gasteiger partial charge in [0.1, 0.15) is 0 Å². The van der Waals surface area contributed by atoms with Gasteiger partial charge in [-0.1, -0.05) is 19.8 Å². The zero-order valence-electron chi connectivity index (χ0n) is 7.25. The van der Waals surface area contributed by atoms with Gasteiger partial charge in [0.2, 0.25) is 0 Å². The lowest BCUT2D eigenvalue weighted by molar-refractivity contribution is 0.711. The van der Waals surface area contributed by atoms with E-state index in [-0.39, 0.29) is 5.56 Å². The maximum Gasteiger partial charge on any atom is 0.279 e. The number of unbranched alkanes of at least 4 members (excludes halogenated alkanes) is 2.